The standard InChI is InChI=1S/C20H26N2O6S2/c1-5-29(23,24)20(30(25,26)6-2)19(21-15-7-11-17(27-3)12-8-15)22-16-9-13-18(28-4)14-10-16/h7-14,20H,5-6H2,1-4H3,(H,21,22). The Labute approximate surface area is 177 Å². The molecule has 0 saturated heterocycles. The molecule has 1 N–H and O–H groups in total. The van der Waals surface area contributed by atoms with Crippen molar-refractivity contribution in [1.82, 2.24) is 0 Å². The second-order valence-corrected chi connectivity index (χ2v) is 11.3. The van der Waals surface area contributed by atoms with Gasteiger partial charge < -0.3 is 14.8 Å². The quantitative estimate of drug-likeness (QED) is 0.458. The Morgan fingerprint density at radius 1 is 0.833 bits per heavy atom. The third kappa shape index (κ3) is 5.73. The molecule has 0 atom stereocenters. The molecule has 0 bridgehead atoms. The van der Waals surface area contributed by atoms with E-state index in [0.717, 1.165) is 0 Å². The van der Waals surface area contributed by atoms with Gasteiger partial charge in [-0.2, -0.15) is 0 Å². The number of nitrogens with one attached hydrogen (secondary N) is 1. The molecule has 30 heavy (non-hydrogen) atoms. The van der Waals surface area contributed by atoms with Crippen LogP contribution in [-0.4, -0.2) is 53.0 Å². The van der Waals surface area contributed by atoms with Gasteiger partial charge in [-0.1, -0.05) is 13.8 Å². The lowest BCUT2D eigenvalue weighted by molar-refractivity contribution is 0.415. The van der Waals surface area contributed by atoms with Crippen LogP contribution < -0.4 is 14.8 Å². The zero-order valence-corrected chi connectivity index (χ0v) is 19.0. The summed E-state index contributed by atoms with van der Waals surface area (Å²) >= 11 is 0. The van der Waals surface area contributed by atoms with Crippen molar-refractivity contribution in [2.24, 2.45) is 4.99 Å². The molecule has 2 aromatic carbocycles. The topological polar surface area (TPSA) is 111 Å². The second-order valence-electron chi connectivity index (χ2n) is 6.28. The summed E-state index contributed by atoms with van der Waals surface area (Å²) in [6.45, 7) is 2.82. The largest absolute Gasteiger partial charge is 0.497 e. The van der Waals surface area contributed by atoms with Gasteiger partial charge in [-0.25, -0.2) is 21.8 Å². The first-order chi connectivity index (χ1) is 14.2. The summed E-state index contributed by atoms with van der Waals surface area (Å²) in [5, 5.41) is 2.89. The van der Waals surface area contributed by atoms with Crippen molar-refractivity contribution in [2.75, 3.05) is 31.0 Å². The van der Waals surface area contributed by atoms with Crippen LogP contribution in [0, 0.1) is 0 Å². The van der Waals surface area contributed by atoms with E-state index in [-0.39, 0.29) is 17.3 Å². The van der Waals surface area contributed by atoms with E-state index in [0.29, 0.717) is 22.9 Å². The molecule has 2 rings (SSSR count). The molecule has 164 valence electrons. The molecule has 0 heterocycles. The maximum Gasteiger partial charge on any atom is 0.219 e. The molecular formula is C20H26N2O6S2. The maximum atomic E-state index is 12.8. The minimum Gasteiger partial charge on any atom is -0.497 e. The molecular weight excluding hydrogens is 428 g/mol. The van der Waals surface area contributed by atoms with Crippen LogP contribution >= 0.6 is 0 Å². The minimum atomic E-state index is -4.03. The molecule has 0 radical (unpaired) electrons. The van der Waals surface area contributed by atoms with Gasteiger partial charge in [0, 0.05) is 17.2 Å². The van der Waals surface area contributed by atoms with Gasteiger partial charge in [-0.15, -0.1) is 0 Å². The Bertz CT molecular complexity index is 1040. The first-order valence-corrected chi connectivity index (χ1v) is 12.7. The van der Waals surface area contributed by atoms with E-state index in [9.17, 15) is 16.8 Å². The normalized spacial score (nSPS) is 12.6. The Morgan fingerprint density at radius 3 is 1.67 bits per heavy atom. The van der Waals surface area contributed by atoms with Gasteiger partial charge in [-0.3, -0.25) is 0 Å². The smallest absolute Gasteiger partial charge is 0.219 e. The van der Waals surface area contributed by atoms with Crippen molar-refractivity contribution in [3.63, 3.8) is 0 Å². The number of anilines is 1. The first kappa shape index (κ1) is 23.7. The second kappa shape index (κ2) is 9.94. The Hall–Kier alpha value is -2.59. The highest BCUT2D eigenvalue weighted by atomic mass is 32.3. The predicted molar refractivity (Wildman–Crippen MR) is 119 cm³/mol. The van der Waals surface area contributed by atoms with Crippen LogP contribution in [0.4, 0.5) is 11.4 Å². The molecule has 0 aliphatic carbocycles. The van der Waals surface area contributed by atoms with E-state index >= 15 is 0 Å². The van der Waals surface area contributed by atoms with E-state index in [2.05, 4.69) is 10.3 Å². The van der Waals surface area contributed by atoms with Crippen LogP contribution in [-0.2, 0) is 19.7 Å². The van der Waals surface area contributed by atoms with Crippen LogP contribution in [0.25, 0.3) is 0 Å². The van der Waals surface area contributed by atoms with Crippen LogP contribution in [0.5, 0.6) is 11.5 Å². The number of amidine groups is 1. The maximum absolute atomic E-state index is 12.8. The fourth-order valence-electron chi connectivity index (χ4n) is 2.62. The highest BCUT2D eigenvalue weighted by Gasteiger charge is 2.40. The van der Waals surface area contributed by atoms with Gasteiger partial charge in [0.1, 0.15) is 17.3 Å². The van der Waals surface area contributed by atoms with E-state index in [1.807, 2.05) is 0 Å². The molecule has 0 saturated carbocycles. The zero-order chi connectivity index (χ0) is 22.4. The number of hydrogen-bond donors (Lipinski definition) is 1. The molecule has 0 aliphatic rings. The summed E-state index contributed by atoms with van der Waals surface area (Å²) in [6.07, 6.45) is 0. The molecule has 0 amide bonds. The SMILES string of the molecule is CCS(=O)(=O)C(C(=Nc1ccc(OC)cc1)Nc1ccc(OC)cc1)S(=O)(=O)CC. The molecule has 0 fully saturated rings. The van der Waals surface area contributed by atoms with E-state index < -0.39 is 24.3 Å². The van der Waals surface area contributed by atoms with Crippen molar-refractivity contribution in [2.45, 2.75) is 18.4 Å². The molecule has 8 nitrogen and oxygen atoms in total. The predicted octanol–water partition coefficient (Wildman–Crippen LogP) is 3.04. The number of benzene rings is 2. The summed E-state index contributed by atoms with van der Waals surface area (Å²) in [7, 11) is -5.01. The molecule has 0 spiro atoms. The Kier molecular flexibility index (Phi) is 7.85. The van der Waals surface area contributed by atoms with Crippen LogP contribution in [0.15, 0.2) is 53.5 Å². The molecule has 0 aliphatic heterocycles. The van der Waals surface area contributed by atoms with Gasteiger partial charge in [0.15, 0.2) is 19.7 Å². The lowest BCUT2D eigenvalue weighted by Gasteiger charge is -2.20. The van der Waals surface area contributed by atoms with Gasteiger partial charge in [0.05, 0.1) is 19.9 Å². The fraction of sp³-hybridized carbons (Fsp3) is 0.350. The number of aliphatic imine (C=N–C) groups is 1. The van der Waals surface area contributed by atoms with Crippen molar-refractivity contribution in [3.8, 4) is 11.5 Å². The molecule has 0 aromatic heterocycles. The fourth-order valence-corrected chi connectivity index (χ4v) is 6.74. The first-order valence-electron chi connectivity index (χ1n) is 9.23. The highest BCUT2D eigenvalue weighted by Crippen LogP contribution is 2.23. The van der Waals surface area contributed by atoms with Gasteiger partial charge in [0.25, 0.3) is 0 Å². The summed E-state index contributed by atoms with van der Waals surface area (Å²) in [4.78, 5) is 4.36. The Balaban J connectivity index is 2.63. The van der Waals surface area contributed by atoms with Gasteiger partial charge in [-0.05, 0) is 48.5 Å². The van der Waals surface area contributed by atoms with Gasteiger partial charge >= 0.3 is 0 Å². The summed E-state index contributed by atoms with van der Waals surface area (Å²) in [5.74, 6) is 0.325. The number of ether oxygens (including phenoxy) is 2. The number of methoxy groups -OCH3 is 2. The van der Waals surface area contributed by atoms with Crippen LogP contribution in [0.1, 0.15) is 13.8 Å². The molecule has 2 aromatic rings. The van der Waals surface area contributed by atoms with Crippen molar-refractivity contribution >= 4 is 36.9 Å². The Morgan fingerprint density at radius 2 is 1.27 bits per heavy atom. The van der Waals surface area contributed by atoms with E-state index in [1.165, 1.54) is 28.1 Å². The molecule has 0 unspecified atom stereocenters. The lowest BCUT2D eigenvalue weighted by Crippen LogP contribution is -2.43. The van der Waals surface area contributed by atoms with Crippen LogP contribution in [0.3, 0.4) is 0 Å². The van der Waals surface area contributed by atoms with Crippen LogP contribution in [0.2, 0.25) is 0 Å². The third-order valence-electron chi connectivity index (χ3n) is 4.36. The third-order valence-corrected chi connectivity index (χ3v) is 9.48. The summed E-state index contributed by atoms with van der Waals surface area (Å²) in [6, 6.07) is 13.2. The summed E-state index contributed by atoms with van der Waals surface area (Å²) < 4.78 is 59.6. The number of sulfone groups is 2. The average molecular weight is 455 g/mol. The van der Waals surface area contributed by atoms with E-state index in [4.69, 9.17) is 9.47 Å². The van der Waals surface area contributed by atoms with E-state index in [1.54, 1.807) is 48.5 Å². The average Bonchev–Trinajstić information content (AvgIpc) is 2.74. The number of hydrogen-bond acceptors (Lipinski definition) is 7. The summed E-state index contributed by atoms with van der Waals surface area (Å²) in [5.41, 5.74) is 0.861. The number of rotatable bonds is 9. The van der Waals surface area contributed by atoms with Crippen molar-refractivity contribution in [1.29, 1.82) is 0 Å². The molecule has 10 heteroatoms. The van der Waals surface area contributed by atoms with Crippen molar-refractivity contribution < 1.29 is 26.3 Å². The zero-order valence-electron chi connectivity index (χ0n) is 17.3. The minimum absolute atomic E-state index is 0.186. The monoisotopic (exact) mass is 454 g/mol. The lowest BCUT2D eigenvalue weighted by atomic mass is 10.3. The highest BCUT2D eigenvalue weighted by molar-refractivity contribution is 8.10. The van der Waals surface area contributed by atoms with Gasteiger partial charge in [0.2, 0.25) is 4.58 Å². The number of nitrogens with zero attached hydrogens (tertiary/aromatic N) is 1. The van der Waals surface area contributed by atoms with Crippen molar-refractivity contribution in [3.05, 3.63) is 48.5 Å².